The van der Waals surface area contributed by atoms with Crippen molar-refractivity contribution in [2.24, 2.45) is 0 Å². The number of rotatable bonds is 4. The quantitative estimate of drug-likeness (QED) is 0.899. The number of halogens is 1. The Morgan fingerprint density at radius 2 is 1.89 bits per heavy atom. The molecule has 0 bridgehead atoms. The normalized spacial score (nSPS) is 12.4. The monoisotopic (exact) mass is 245 g/mol. The molecular formula is C14H16FN3. The van der Waals surface area contributed by atoms with Gasteiger partial charge >= 0.3 is 0 Å². The summed E-state index contributed by atoms with van der Waals surface area (Å²) in [5.41, 5.74) is 2.68. The molecule has 0 saturated heterocycles. The highest BCUT2D eigenvalue weighted by molar-refractivity contribution is 5.34. The predicted octanol–water partition coefficient (Wildman–Crippen LogP) is 2.62. The van der Waals surface area contributed by atoms with E-state index in [1.165, 1.54) is 6.20 Å². The van der Waals surface area contributed by atoms with Gasteiger partial charge in [0.15, 0.2) is 0 Å². The molecule has 0 fully saturated rings. The van der Waals surface area contributed by atoms with Crippen LogP contribution in [0, 0.1) is 12.7 Å². The molecule has 1 unspecified atom stereocenters. The van der Waals surface area contributed by atoms with Crippen molar-refractivity contribution in [2.75, 3.05) is 6.54 Å². The van der Waals surface area contributed by atoms with Crippen LogP contribution in [0.15, 0.2) is 36.9 Å². The van der Waals surface area contributed by atoms with E-state index in [0.717, 1.165) is 17.7 Å². The standard InChI is InChI=1S/C14H16FN3/c1-3-18-14(11-5-7-17-9-13(11)15)12-8-16-6-4-10(12)2/h4-9,14,18H,3H2,1-2H3. The summed E-state index contributed by atoms with van der Waals surface area (Å²) in [6.45, 7) is 4.75. The Kier molecular flexibility index (Phi) is 3.99. The third kappa shape index (κ3) is 2.54. The van der Waals surface area contributed by atoms with Gasteiger partial charge in [-0.1, -0.05) is 6.92 Å². The minimum absolute atomic E-state index is 0.188. The van der Waals surface area contributed by atoms with Crippen LogP contribution in [-0.2, 0) is 0 Å². The zero-order valence-electron chi connectivity index (χ0n) is 10.5. The second kappa shape index (κ2) is 5.69. The van der Waals surface area contributed by atoms with Gasteiger partial charge in [0.25, 0.3) is 0 Å². The highest BCUT2D eigenvalue weighted by Gasteiger charge is 2.18. The van der Waals surface area contributed by atoms with Crippen LogP contribution in [0.1, 0.15) is 29.7 Å². The van der Waals surface area contributed by atoms with Gasteiger partial charge < -0.3 is 5.32 Å². The Morgan fingerprint density at radius 1 is 1.17 bits per heavy atom. The van der Waals surface area contributed by atoms with Crippen LogP contribution in [0.5, 0.6) is 0 Å². The fourth-order valence-electron chi connectivity index (χ4n) is 1.99. The summed E-state index contributed by atoms with van der Waals surface area (Å²) in [6, 6.07) is 3.44. The minimum atomic E-state index is -0.299. The van der Waals surface area contributed by atoms with Crippen molar-refractivity contribution in [2.45, 2.75) is 19.9 Å². The van der Waals surface area contributed by atoms with Crippen molar-refractivity contribution in [1.82, 2.24) is 15.3 Å². The maximum atomic E-state index is 13.9. The first kappa shape index (κ1) is 12.6. The second-order valence-electron chi connectivity index (χ2n) is 4.12. The maximum Gasteiger partial charge on any atom is 0.146 e. The van der Waals surface area contributed by atoms with E-state index in [-0.39, 0.29) is 11.9 Å². The lowest BCUT2D eigenvalue weighted by molar-refractivity contribution is 0.552. The molecule has 2 aromatic rings. The number of aromatic nitrogens is 2. The van der Waals surface area contributed by atoms with Crippen LogP contribution in [-0.4, -0.2) is 16.5 Å². The maximum absolute atomic E-state index is 13.9. The van der Waals surface area contributed by atoms with Crippen LogP contribution in [0.25, 0.3) is 0 Å². The molecule has 0 amide bonds. The zero-order valence-corrected chi connectivity index (χ0v) is 10.5. The molecule has 94 valence electrons. The number of hydrogen-bond acceptors (Lipinski definition) is 3. The number of hydrogen-bond donors (Lipinski definition) is 1. The second-order valence-corrected chi connectivity index (χ2v) is 4.12. The molecule has 0 aliphatic carbocycles. The van der Waals surface area contributed by atoms with Gasteiger partial charge in [-0.05, 0) is 36.7 Å². The largest absolute Gasteiger partial charge is 0.306 e. The topological polar surface area (TPSA) is 37.8 Å². The molecule has 18 heavy (non-hydrogen) atoms. The highest BCUT2D eigenvalue weighted by atomic mass is 19.1. The molecule has 4 heteroatoms. The van der Waals surface area contributed by atoms with Gasteiger partial charge in [0.1, 0.15) is 5.82 Å². The van der Waals surface area contributed by atoms with E-state index in [9.17, 15) is 4.39 Å². The molecule has 0 aliphatic heterocycles. The van der Waals surface area contributed by atoms with Crippen molar-refractivity contribution in [1.29, 1.82) is 0 Å². The lowest BCUT2D eigenvalue weighted by Gasteiger charge is -2.20. The molecule has 0 radical (unpaired) electrons. The van der Waals surface area contributed by atoms with E-state index >= 15 is 0 Å². The first-order chi connectivity index (χ1) is 8.74. The first-order valence-electron chi connectivity index (χ1n) is 5.97. The fraction of sp³-hybridized carbons (Fsp3) is 0.286. The van der Waals surface area contributed by atoms with Gasteiger partial charge in [0, 0.05) is 24.2 Å². The van der Waals surface area contributed by atoms with Crippen molar-refractivity contribution < 1.29 is 4.39 Å². The molecule has 1 atom stereocenters. The van der Waals surface area contributed by atoms with Crippen molar-refractivity contribution in [3.05, 3.63) is 59.4 Å². The highest BCUT2D eigenvalue weighted by Crippen LogP contribution is 2.25. The van der Waals surface area contributed by atoms with Crippen LogP contribution in [0.4, 0.5) is 4.39 Å². The summed E-state index contributed by atoms with van der Waals surface area (Å²) >= 11 is 0. The van der Waals surface area contributed by atoms with Gasteiger partial charge in [-0.3, -0.25) is 9.97 Å². The minimum Gasteiger partial charge on any atom is -0.306 e. The summed E-state index contributed by atoms with van der Waals surface area (Å²) in [5.74, 6) is -0.299. The fourth-order valence-corrected chi connectivity index (χ4v) is 1.99. The van der Waals surface area contributed by atoms with E-state index in [2.05, 4.69) is 15.3 Å². The summed E-state index contributed by atoms with van der Waals surface area (Å²) in [6.07, 6.45) is 6.37. The molecule has 3 nitrogen and oxygen atoms in total. The molecule has 0 saturated carbocycles. The Balaban J connectivity index is 2.47. The van der Waals surface area contributed by atoms with Crippen LogP contribution in [0.3, 0.4) is 0 Å². The Hall–Kier alpha value is -1.81. The van der Waals surface area contributed by atoms with Crippen LogP contribution in [0.2, 0.25) is 0 Å². The predicted molar refractivity (Wildman–Crippen MR) is 68.7 cm³/mol. The van der Waals surface area contributed by atoms with Crippen molar-refractivity contribution in [3.63, 3.8) is 0 Å². The molecule has 1 N–H and O–H groups in total. The summed E-state index contributed by atoms with van der Waals surface area (Å²) in [5, 5.41) is 3.29. The van der Waals surface area contributed by atoms with Crippen molar-refractivity contribution in [3.8, 4) is 0 Å². The number of nitrogens with one attached hydrogen (secondary N) is 1. The van der Waals surface area contributed by atoms with Crippen LogP contribution < -0.4 is 5.32 Å². The van der Waals surface area contributed by atoms with E-state index in [1.54, 1.807) is 24.7 Å². The van der Waals surface area contributed by atoms with E-state index in [1.807, 2.05) is 19.9 Å². The third-order valence-corrected chi connectivity index (χ3v) is 2.91. The molecular weight excluding hydrogens is 229 g/mol. The van der Waals surface area contributed by atoms with E-state index in [4.69, 9.17) is 0 Å². The van der Waals surface area contributed by atoms with Crippen LogP contribution >= 0.6 is 0 Å². The average Bonchev–Trinajstić information content (AvgIpc) is 2.38. The van der Waals surface area contributed by atoms with Gasteiger partial charge in [0.2, 0.25) is 0 Å². The SMILES string of the molecule is CCNC(c1cnccc1C)c1ccncc1F. The Labute approximate surface area is 106 Å². The molecule has 0 spiro atoms. The van der Waals surface area contributed by atoms with Gasteiger partial charge in [-0.15, -0.1) is 0 Å². The average molecular weight is 245 g/mol. The van der Waals surface area contributed by atoms with Gasteiger partial charge in [-0.25, -0.2) is 4.39 Å². The number of aryl methyl sites for hydroxylation is 1. The summed E-state index contributed by atoms with van der Waals surface area (Å²) in [4.78, 5) is 7.91. The number of pyridine rings is 2. The lowest BCUT2D eigenvalue weighted by atomic mass is 9.97. The molecule has 0 aliphatic rings. The summed E-state index contributed by atoms with van der Waals surface area (Å²) in [7, 11) is 0. The van der Waals surface area contributed by atoms with Gasteiger partial charge in [0.05, 0.1) is 12.2 Å². The summed E-state index contributed by atoms with van der Waals surface area (Å²) < 4.78 is 13.9. The number of nitrogens with zero attached hydrogens (tertiary/aromatic N) is 2. The molecule has 2 heterocycles. The molecule has 2 rings (SSSR count). The third-order valence-electron chi connectivity index (χ3n) is 2.91. The van der Waals surface area contributed by atoms with Gasteiger partial charge in [-0.2, -0.15) is 0 Å². The van der Waals surface area contributed by atoms with E-state index in [0.29, 0.717) is 5.56 Å². The van der Waals surface area contributed by atoms with E-state index < -0.39 is 0 Å². The lowest BCUT2D eigenvalue weighted by Crippen LogP contribution is -2.24. The zero-order chi connectivity index (χ0) is 13.0. The molecule has 0 aromatic carbocycles. The smallest absolute Gasteiger partial charge is 0.146 e. The molecule has 2 aromatic heterocycles. The van der Waals surface area contributed by atoms with Crippen molar-refractivity contribution >= 4 is 0 Å². The first-order valence-corrected chi connectivity index (χ1v) is 5.97. The Bertz CT molecular complexity index is 482. The Morgan fingerprint density at radius 3 is 2.56 bits per heavy atom.